The zero-order valence-electron chi connectivity index (χ0n) is 18.0. The molecule has 3 rings (SSSR count). The summed E-state index contributed by atoms with van der Waals surface area (Å²) < 4.78 is 35.6. The molecule has 168 valence electrons. The summed E-state index contributed by atoms with van der Waals surface area (Å²) in [6.45, 7) is 1.58. The highest BCUT2D eigenvalue weighted by Crippen LogP contribution is 2.34. The molecule has 0 aliphatic carbocycles. The van der Waals surface area contributed by atoms with Gasteiger partial charge in [0.1, 0.15) is 11.4 Å². The molecule has 0 unspecified atom stereocenters. The van der Waals surface area contributed by atoms with Crippen LogP contribution in [0, 0.1) is 12.7 Å². The van der Waals surface area contributed by atoms with Crippen LogP contribution < -0.4 is 9.47 Å². The van der Waals surface area contributed by atoms with Crippen molar-refractivity contribution in [1.82, 2.24) is 4.98 Å². The van der Waals surface area contributed by atoms with Crippen LogP contribution in [-0.2, 0) is 20.7 Å². The first kappa shape index (κ1) is 23.7. The van der Waals surface area contributed by atoms with Crippen LogP contribution in [0.25, 0.3) is 11.3 Å². The van der Waals surface area contributed by atoms with Gasteiger partial charge >= 0.3 is 5.97 Å². The molecule has 8 heteroatoms. The lowest BCUT2D eigenvalue weighted by atomic mass is 10.0. The Morgan fingerprint density at radius 1 is 1.06 bits per heavy atom. The highest BCUT2D eigenvalue weighted by Gasteiger charge is 2.18. The minimum absolute atomic E-state index is 0.0234. The number of carbonyl (C=O) groups excluding carboxylic acids is 1. The molecule has 32 heavy (non-hydrogen) atoms. The van der Waals surface area contributed by atoms with Gasteiger partial charge in [0, 0.05) is 24.8 Å². The fourth-order valence-corrected chi connectivity index (χ4v) is 3.73. The van der Waals surface area contributed by atoms with Crippen molar-refractivity contribution in [3.63, 3.8) is 0 Å². The van der Waals surface area contributed by atoms with Gasteiger partial charge < -0.3 is 18.9 Å². The Labute approximate surface area is 194 Å². The Hall–Kier alpha value is -2.97. The number of carbonyl (C=O) groups is 1. The van der Waals surface area contributed by atoms with Crippen LogP contribution in [0.4, 0.5) is 4.39 Å². The summed E-state index contributed by atoms with van der Waals surface area (Å²) in [5, 5.41) is 0. The summed E-state index contributed by atoms with van der Waals surface area (Å²) >= 11 is 3.34. The maximum absolute atomic E-state index is 14.9. The molecule has 0 saturated carbocycles. The van der Waals surface area contributed by atoms with Crippen molar-refractivity contribution in [3.8, 4) is 22.8 Å². The fraction of sp³-hybridized carbons (Fsp3) is 0.250. The summed E-state index contributed by atoms with van der Waals surface area (Å²) in [6.07, 6.45) is 0.380. The molecule has 1 aromatic heterocycles. The lowest BCUT2D eigenvalue weighted by Gasteiger charge is -2.15. The van der Waals surface area contributed by atoms with Crippen LogP contribution in [-0.4, -0.2) is 38.6 Å². The zero-order chi connectivity index (χ0) is 23.1. The summed E-state index contributed by atoms with van der Waals surface area (Å²) in [7, 11) is 2.80. The number of halogens is 2. The van der Waals surface area contributed by atoms with E-state index in [0.717, 1.165) is 22.4 Å². The smallest absolute Gasteiger partial charge is 0.343 e. The molecule has 0 amide bonds. The number of benzene rings is 2. The second kappa shape index (κ2) is 11.1. The van der Waals surface area contributed by atoms with E-state index < -0.39 is 11.8 Å². The summed E-state index contributed by atoms with van der Waals surface area (Å²) in [4.78, 5) is 16.1. The predicted molar refractivity (Wildman–Crippen MR) is 121 cm³/mol. The second-order valence-corrected chi connectivity index (χ2v) is 7.70. The lowest BCUT2D eigenvalue weighted by molar-refractivity contribution is -0.142. The number of methoxy groups -OCH3 is 2. The zero-order valence-corrected chi connectivity index (χ0v) is 19.6. The lowest BCUT2D eigenvalue weighted by Crippen LogP contribution is -2.13. The maximum Gasteiger partial charge on any atom is 0.343 e. The van der Waals surface area contributed by atoms with Crippen molar-refractivity contribution in [1.29, 1.82) is 0 Å². The molecule has 0 spiro atoms. The highest BCUT2D eigenvalue weighted by molar-refractivity contribution is 9.10. The normalized spacial score (nSPS) is 10.7. The van der Waals surface area contributed by atoms with E-state index in [1.165, 1.54) is 7.11 Å². The van der Waals surface area contributed by atoms with Crippen LogP contribution in [0.15, 0.2) is 53.0 Å². The van der Waals surface area contributed by atoms with Gasteiger partial charge in [0.25, 0.3) is 0 Å². The van der Waals surface area contributed by atoms with Crippen molar-refractivity contribution in [2.45, 2.75) is 13.3 Å². The Balaban J connectivity index is 1.93. The van der Waals surface area contributed by atoms with Crippen molar-refractivity contribution in [2.24, 2.45) is 0 Å². The van der Waals surface area contributed by atoms with Gasteiger partial charge in [-0.3, -0.25) is 0 Å². The van der Waals surface area contributed by atoms with Gasteiger partial charge in [-0.05, 0) is 52.2 Å². The molecule has 6 nitrogen and oxygen atoms in total. The van der Waals surface area contributed by atoms with Gasteiger partial charge in [-0.2, -0.15) is 0 Å². The van der Waals surface area contributed by atoms with E-state index in [2.05, 4.69) is 20.7 Å². The van der Waals surface area contributed by atoms with Crippen molar-refractivity contribution >= 4 is 21.9 Å². The summed E-state index contributed by atoms with van der Waals surface area (Å²) in [5.74, 6) is -0.603. The largest absolute Gasteiger partial charge is 0.479 e. The van der Waals surface area contributed by atoms with Crippen LogP contribution in [0.3, 0.4) is 0 Å². The van der Waals surface area contributed by atoms with Crippen LogP contribution in [0.2, 0.25) is 0 Å². The van der Waals surface area contributed by atoms with E-state index in [9.17, 15) is 9.18 Å². The number of aromatic nitrogens is 1. The van der Waals surface area contributed by atoms with Crippen LogP contribution >= 0.6 is 15.9 Å². The minimum atomic E-state index is -0.587. The Morgan fingerprint density at radius 2 is 1.81 bits per heavy atom. The number of pyridine rings is 1. The van der Waals surface area contributed by atoms with E-state index in [1.54, 1.807) is 13.2 Å². The number of nitrogens with zero attached hydrogens (tertiary/aromatic N) is 1. The molecule has 0 aliphatic heterocycles. The Bertz CT molecular complexity index is 1090. The average molecular weight is 504 g/mol. The Kier molecular flexibility index (Phi) is 8.19. The highest BCUT2D eigenvalue weighted by atomic mass is 79.9. The van der Waals surface area contributed by atoms with E-state index in [4.69, 9.17) is 19.2 Å². The average Bonchev–Trinajstić information content (AvgIpc) is 2.82. The molecule has 0 radical (unpaired) electrons. The first-order chi connectivity index (χ1) is 15.4. The SMILES string of the molecule is COCOc1ccc(Cc2c(C)cc(OCC(=O)OC)c(F)c2Br)nc1-c1ccccc1. The van der Waals surface area contributed by atoms with E-state index >= 15 is 0 Å². The standard InChI is InChI=1S/C24H23BrFNO5/c1-15-11-20(31-13-21(28)30-3)23(26)22(25)18(15)12-17-9-10-19(32-14-29-2)24(27-17)16-7-5-4-6-8-16/h4-11H,12-14H2,1-3H3. The minimum Gasteiger partial charge on any atom is -0.479 e. The molecule has 2 aromatic carbocycles. The predicted octanol–water partition coefficient (Wildman–Crippen LogP) is 5.08. The summed E-state index contributed by atoms with van der Waals surface area (Å²) in [6, 6.07) is 14.9. The number of esters is 1. The van der Waals surface area contributed by atoms with Gasteiger partial charge in [0.2, 0.25) is 0 Å². The third-order valence-electron chi connectivity index (χ3n) is 4.72. The third-order valence-corrected chi connectivity index (χ3v) is 5.55. The van der Waals surface area contributed by atoms with Gasteiger partial charge in [0.05, 0.1) is 11.6 Å². The number of rotatable bonds is 9. The summed E-state index contributed by atoms with van der Waals surface area (Å²) in [5.41, 5.74) is 3.83. The number of hydrogen-bond donors (Lipinski definition) is 0. The molecule has 0 atom stereocenters. The van der Waals surface area contributed by atoms with Gasteiger partial charge in [-0.15, -0.1) is 0 Å². The maximum atomic E-state index is 14.9. The molecule has 0 bridgehead atoms. The molecule has 0 saturated heterocycles. The molecule has 0 N–H and O–H groups in total. The van der Waals surface area contributed by atoms with Crippen molar-refractivity contribution < 1.29 is 28.1 Å². The molecule has 0 fully saturated rings. The van der Waals surface area contributed by atoms with Crippen LogP contribution in [0.5, 0.6) is 11.5 Å². The quantitative estimate of drug-likeness (QED) is 0.299. The molecular formula is C24H23BrFNO5. The molecule has 0 aliphatic rings. The molecule has 1 heterocycles. The third kappa shape index (κ3) is 5.63. The van der Waals surface area contributed by atoms with Gasteiger partial charge in [-0.1, -0.05) is 30.3 Å². The van der Waals surface area contributed by atoms with Gasteiger partial charge in [-0.25, -0.2) is 14.2 Å². The van der Waals surface area contributed by atoms with E-state index in [0.29, 0.717) is 17.9 Å². The molecule has 3 aromatic rings. The van der Waals surface area contributed by atoms with Crippen molar-refractivity contribution in [2.75, 3.05) is 27.6 Å². The topological polar surface area (TPSA) is 66.9 Å². The molecular weight excluding hydrogens is 481 g/mol. The monoisotopic (exact) mass is 503 g/mol. The first-order valence-electron chi connectivity index (χ1n) is 9.78. The fourth-order valence-electron chi connectivity index (χ4n) is 3.09. The van der Waals surface area contributed by atoms with Crippen LogP contribution in [0.1, 0.15) is 16.8 Å². The van der Waals surface area contributed by atoms with Gasteiger partial charge in [0.15, 0.2) is 25.0 Å². The number of aryl methyl sites for hydroxylation is 1. The number of hydrogen-bond acceptors (Lipinski definition) is 6. The Morgan fingerprint density at radius 3 is 2.50 bits per heavy atom. The van der Waals surface area contributed by atoms with E-state index in [-0.39, 0.29) is 23.6 Å². The van der Waals surface area contributed by atoms with Crippen molar-refractivity contribution in [3.05, 3.63) is 75.6 Å². The number of ether oxygens (including phenoxy) is 4. The second-order valence-electron chi connectivity index (χ2n) is 6.91. The van der Waals surface area contributed by atoms with E-state index in [1.807, 2.05) is 49.4 Å². The first-order valence-corrected chi connectivity index (χ1v) is 10.6.